The SMILES string of the molecule is CCCCO.CCCCO.CCCCO.[CH2-]CCCN.[Ti]. The molecule has 0 aromatic heterocycles. The Bertz CT molecular complexity index is 77.5. The first-order valence-corrected chi connectivity index (χ1v) is 7.98. The third-order valence-corrected chi connectivity index (χ3v) is 1.99. The summed E-state index contributed by atoms with van der Waals surface area (Å²) in [5, 5.41) is 24.2. The van der Waals surface area contributed by atoms with Gasteiger partial charge in [0, 0.05) is 41.5 Å². The molecule has 0 heterocycles. The van der Waals surface area contributed by atoms with Crippen LogP contribution in [0.5, 0.6) is 0 Å². The van der Waals surface area contributed by atoms with Gasteiger partial charge in [-0.2, -0.15) is 6.42 Å². The maximum atomic E-state index is 8.07. The quantitative estimate of drug-likeness (QED) is 0.403. The van der Waals surface area contributed by atoms with Gasteiger partial charge in [0.1, 0.15) is 0 Å². The van der Waals surface area contributed by atoms with Crippen molar-refractivity contribution in [1.82, 2.24) is 0 Å². The molecule has 0 fully saturated rings. The summed E-state index contributed by atoms with van der Waals surface area (Å²) in [6, 6.07) is 0. The summed E-state index contributed by atoms with van der Waals surface area (Å²) >= 11 is 0. The molecule has 0 aliphatic heterocycles. The Labute approximate surface area is 148 Å². The van der Waals surface area contributed by atoms with Crippen LogP contribution in [-0.2, 0) is 21.7 Å². The van der Waals surface area contributed by atoms with E-state index in [1.807, 2.05) is 0 Å². The molecule has 0 amide bonds. The fourth-order valence-electron chi connectivity index (χ4n) is 0.619. The molecule has 0 bridgehead atoms. The van der Waals surface area contributed by atoms with Crippen LogP contribution in [0.25, 0.3) is 0 Å². The van der Waals surface area contributed by atoms with Crippen molar-refractivity contribution in [3.63, 3.8) is 0 Å². The predicted octanol–water partition coefficient (Wildman–Crippen LogP) is 2.89. The molecule has 0 aromatic carbocycles. The molecule has 4 nitrogen and oxygen atoms in total. The maximum absolute atomic E-state index is 8.07. The van der Waals surface area contributed by atoms with Gasteiger partial charge in [-0.1, -0.05) is 46.5 Å². The van der Waals surface area contributed by atoms with Gasteiger partial charge in [0.25, 0.3) is 0 Å². The van der Waals surface area contributed by atoms with Crippen molar-refractivity contribution in [2.75, 3.05) is 26.4 Å². The summed E-state index contributed by atoms with van der Waals surface area (Å²) in [6.45, 7) is 11.6. The van der Waals surface area contributed by atoms with E-state index in [4.69, 9.17) is 21.1 Å². The number of rotatable bonds is 8. The molecule has 0 saturated carbocycles. The minimum atomic E-state index is 0. The van der Waals surface area contributed by atoms with E-state index in [2.05, 4.69) is 27.7 Å². The average Bonchev–Trinajstić information content (AvgIpc) is 2.44. The first-order valence-electron chi connectivity index (χ1n) is 7.98. The standard InChI is InChI=1S/C4H10N.3C4H10O.Ti/c4*1-2-3-4-5;/h1-5H2;3*5H,2-4H2,1H3;/q-1;;;;. The van der Waals surface area contributed by atoms with Crippen LogP contribution in [0.1, 0.15) is 72.1 Å². The van der Waals surface area contributed by atoms with Crippen LogP contribution >= 0.6 is 0 Å². The molecule has 0 saturated heterocycles. The Morgan fingerprint density at radius 2 is 1.00 bits per heavy atom. The second kappa shape index (κ2) is 49.9. The van der Waals surface area contributed by atoms with Crippen molar-refractivity contribution in [2.45, 2.75) is 72.1 Å². The van der Waals surface area contributed by atoms with Crippen LogP contribution < -0.4 is 5.73 Å². The van der Waals surface area contributed by atoms with E-state index >= 15 is 0 Å². The van der Waals surface area contributed by atoms with Gasteiger partial charge in [-0.3, -0.25) is 0 Å². The Morgan fingerprint density at radius 3 is 1.00 bits per heavy atom. The Morgan fingerprint density at radius 1 is 0.714 bits per heavy atom. The topological polar surface area (TPSA) is 86.7 Å². The van der Waals surface area contributed by atoms with E-state index in [0.29, 0.717) is 19.8 Å². The second-order valence-electron chi connectivity index (χ2n) is 4.23. The largest absolute Gasteiger partial charge is 0.396 e. The van der Waals surface area contributed by atoms with Crippen molar-refractivity contribution in [2.24, 2.45) is 5.73 Å². The number of aliphatic hydroxyl groups is 3. The fraction of sp³-hybridized carbons (Fsp3) is 0.938. The smallest absolute Gasteiger partial charge is 0.0430 e. The molecule has 5 N–H and O–H groups in total. The second-order valence-corrected chi connectivity index (χ2v) is 4.23. The third-order valence-electron chi connectivity index (χ3n) is 1.99. The summed E-state index contributed by atoms with van der Waals surface area (Å²) in [5.74, 6) is 0. The fourth-order valence-corrected chi connectivity index (χ4v) is 0.619. The minimum Gasteiger partial charge on any atom is -0.396 e. The normalized spacial score (nSPS) is 8.00. The summed E-state index contributed by atoms with van der Waals surface area (Å²) in [7, 11) is 0. The average molecular weight is 342 g/mol. The predicted molar refractivity (Wildman–Crippen MR) is 89.6 cm³/mol. The molecule has 21 heavy (non-hydrogen) atoms. The van der Waals surface area contributed by atoms with Gasteiger partial charge in [-0.05, 0) is 25.8 Å². The zero-order valence-electron chi connectivity index (χ0n) is 14.6. The van der Waals surface area contributed by atoms with Gasteiger partial charge in [0.2, 0.25) is 0 Å². The van der Waals surface area contributed by atoms with Crippen molar-refractivity contribution in [3.05, 3.63) is 6.92 Å². The summed E-state index contributed by atoms with van der Waals surface area (Å²) < 4.78 is 0. The molecular weight excluding hydrogens is 302 g/mol. The third kappa shape index (κ3) is 96.7. The van der Waals surface area contributed by atoms with E-state index in [-0.39, 0.29) is 21.7 Å². The maximum Gasteiger partial charge on any atom is 0.0430 e. The molecule has 0 radical (unpaired) electrons. The van der Waals surface area contributed by atoms with Gasteiger partial charge >= 0.3 is 0 Å². The van der Waals surface area contributed by atoms with E-state index in [9.17, 15) is 0 Å². The van der Waals surface area contributed by atoms with E-state index < -0.39 is 0 Å². The van der Waals surface area contributed by atoms with Gasteiger partial charge in [0.05, 0.1) is 0 Å². The molecule has 0 spiro atoms. The molecule has 0 aromatic rings. The number of aliphatic hydroxyl groups excluding tert-OH is 3. The van der Waals surface area contributed by atoms with Crippen molar-refractivity contribution in [3.8, 4) is 0 Å². The molecule has 132 valence electrons. The zero-order valence-corrected chi connectivity index (χ0v) is 16.2. The molecule has 0 aliphatic rings. The van der Waals surface area contributed by atoms with Crippen LogP contribution in [0.2, 0.25) is 0 Å². The summed E-state index contributed by atoms with van der Waals surface area (Å²) in [4.78, 5) is 0. The zero-order chi connectivity index (χ0) is 16.5. The molecule has 0 unspecified atom stereocenters. The Kier molecular flexibility index (Phi) is 78.9. The monoisotopic (exact) mass is 342 g/mol. The number of unbranched alkanes of at least 4 members (excludes halogenated alkanes) is 4. The summed E-state index contributed by atoms with van der Waals surface area (Å²) in [5.41, 5.74) is 5.10. The molecule has 0 atom stereocenters. The van der Waals surface area contributed by atoms with Crippen LogP contribution in [0.4, 0.5) is 0 Å². The minimum absolute atomic E-state index is 0. The van der Waals surface area contributed by atoms with E-state index in [1.54, 1.807) is 0 Å². The van der Waals surface area contributed by atoms with Gasteiger partial charge < -0.3 is 28.0 Å². The van der Waals surface area contributed by atoms with Crippen LogP contribution in [0, 0.1) is 6.92 Å². The Balaban J connectivity index is -0.0000000533. The van der Waals surface area contributed by atoms with Crippen LogP contribution in [0.3, 0.4) is 0 Å². The number of hydrogen-bond donors (Lipinski definition) is 4. The first-order chi connectivity index (χ1) is 9.66. The first kappa shape index (κ1) is 33.2. The van der Waals surface area contributed by atoms with Crippen LogP contribution in [-0.4, -0.2) is 41.7 Å². The number of nitrogens with two attached hydrogens (primary N) is 1. The molecule has 5 heteroatoms. The van der Waals surface area contributed by atoms with Gasteiger partial charge in [0.15, 0.2) is 0 Å². The molecule has 0 rings (SSSR count). The summed E-state index contributed by atoms with van der Waals surface area (Å²) in [6.07, 6.45) is 8.14. The van der Waals surface area contributed by atoms with Crippen LogP contribution in [0.15, 0.2) is 0 Å². The van der Waals surface area contributed by atoms with E-state index in [1.165, 1.54) is 0 Å². The van der Waals surface area contributed by atoms with Gasteiger partial charge in [-0.25, -0.2) is 0 Å². The van der Waals surface area contributed by atoms with Crippen molar-refractivity contribution < 1.29 is 37.0 Å². The van der Waals surface area contributed by atoms with E-state index in [0.717, 1.165) is 57.9 Å². The molecular formula is C16H40NO3Ti-. The number of hydrogen-bond acceptors (Lipinski definition) is 4. The van der Waals surface area contributed by atoms with Crippen molar-refractivity contribution >= 4 is 0 Å². The van der Waals surface area contributed by atoms with Gasteiger partial charge in [-0.15, -0.1) is 0 Å². The Hall–Kier alpha value is 0.554. The van der Waals surface area contributed by atoms with Crippen molar-refractivity contribution in [1.29, 1.82) is 0 Å². The molecule has 0 aliphatic carbocycles.